The van der Waals surface area contributed by atoms with Gasteiger partial charge in [0.2, 0.25) is 5.91 Å². The molecular weight excluding hydrogens is 188 g/mol. The highest BCUT2D eigenvalue weighted by Crippen LogP contribution is 2.40. The van der Waals surface area contributed by atoms with Gasteiger partial charge in [0.15, 0.2) is 0 Å². The molecule has 0 aromatic carbocycles. The van der Waals surface area contributed by atoms with Crippen molar-refractivity contribution in [2.75, 3.05) is 13.1 Å². The van der Waals surface area contributed by atoms with Crippen LogP contribution >= 0.6 is 0 Å². The van der Waals surface area contributed by atoms with Crippen LogP contribution in [0.1, 0.15) is 51.9 Å². The van der Waals surface area contributed by atoms with Crippen molar-refractivity contribution >= 4 is 5.91 Å². The molecule has 1 rings (SSSR count). The van der Waals surface area contributed by atoms with Gasteiger partial charge in [-0.1, -0.05) is 19.8 Å². The molecule has 3 N–H and O–H groups in total. The van der Waals surface area contributed by atoms with Crippen LogP contribution in [0.4, 0.5) is 0 Å². The van der Waals surface area contributed by atoms with Gasteiger partial charge in [-0.2, -0.15) is 0 Å². The molecule has 1 amide bonds. The zero-order valence-electron chi connectivity index (χ0n) is 9.85. The molecule has 0 atom stereocenters. The molecule has 0 aliphatic heterocycles. The smallest absolute Gasteiger partial charge is 0.220 e. The van der Waals surface area contributed by atoms with Crippen LogP contribution in [0.5, 0.6) is 0 Å². The third-order valence-electron chi connectivity index (χ3n) is 3.68. The van der Waals surface area contributed by atoms with Crippen molar-refractivity contribution in [3.63, 3.8) is 0 Å². The fourth-order valence-electron chi connectivity index (χ4n) is 2.42. The number of rotatable bonds is 6. The Morgan fingerprint density at radius 2 is 2.07 bits per heavy atom. The van der Waals surface area contributed by atoms with E-state index in [4.69, 9.17) is 5.73 Å². The highest BCUT2D eigenvalue weighted by molar-refractivity contribution is 5.75. The molecule has 1 aliphatic rings. The van der Waals surface area contributed by atoms with Gasteiger partial charge in [0.05, 0.1) is 0 Å². The molecule has 0 saturated heterocycles. The topological polar surface area (TPSA) is 55.1 Å². The van der Waals surface area contributed by atoms with Crippen molar-refractivity contribution in [3.8, 4) is 0 Å². The lowest BCUT2D eigenvalue weighted by molar-refractivity contribution is -0.121. The van der Waals surface area contributed by atoms with E-state index in [9.17, 15) is 4.79 Å². The molecule has 1 aliphatic carbocycles. The molecule has 3 heteroatoms. The van der Waals surface area contributed by atoms with Crippen LogP contribution in [0, 0.1) is 5.41 Å². The van der Waals surface area contributed by atoms with E-state index in [0.717, 1.165) is 13.0 Å². The highest BCUT2D eigenvalue weighted by Gasteiger charge is 2.31. The summed E-state index contributed by atoms with van der Waals surface area (Å²) in [7, 11) is 0. The molecule has 1 saturated carbocycles. The van der Waals surface area contributed by atoms with Crippen LogP contribution < -0.4 is 11.1 Å². The Hall–Kier alpha value is -0.570. The third kappa shape index (κ3) is 3.82. The van der Waals surface area contributed by atoms with E-state index in [2.05, 4.69) is 12.2 Å². The monoisotopic (exact) mass is 212 g/mol. The number of nitrogens with two attached hydrogens (primary N) is 1. The lowest BCUT2D eigenvalue weighted by Crippen LogP contribution is -2.35. The van der Waals surface area contributed by atoms with E-state index in [0.29, 0.717) is 18.4 Å². The molecule has 15 heavy (non-hydrogen) atoms. The molecule has 3 nitrogen and oxygen atoms in total. The largest absolute Gasteiger partial charge is 0.356 e. The Bertz CT molecular complexity index is 198. The molecule has 0 heterocycles. The van der Waals surface area contributed by atoms with E-state index in [-0.39, 0.29) is 5.91 Å². The van der Waals surface area contributed by atoms with E-state index in [1.54, 1.807) is 0 Å². The summed E-state index contributed by atoms with van der Waals surface area (Å²) in [5.74, 6) is 0.167. The van der Waals surface area contributed by atoms with Crippen LogP contribution in [0.25, 0.3) is 0 Å². The van der Waals surface area contributed by atoms with Gasteiger partial charge in [0, 0.05) is 13.0 Å². The second-order valence-corrected chi connectivity index (χ2v) is 4.73. The first-order valence-corrected chi connectivity index (χ1v) is 6.19. The minimum absolute atomic E-state index is 0.167. The summed E-state index contributed by atoms with van der Waals surface area (Å²) in [5.41, 5.74) is 5.77. The number of hydrogen-bond acceptors (Lipinski definition) is 2. The van der Waals surface area contributed by atoms with Crippen LogP contribution in [0.2, 0.25) is 0 Å². The third-order valence-corrected chi connectivity index (χ3v) is 3.68. The maximum absolute atomic E-state index is 11.5. The summed E-state index contributed by atoms with van der Waals surface area (Å²) < 4.78 is 0. The Balaban J connectivity index is 2.25. The molecule has 0 bridgehead atoms. The molecule has 0 spiro atoms. The fourth-order valence-corrected chi connectivity index (χ4v) is 2.42. The molecule has 0 aromatic heterocycles. The number of carbonyl (C=O) groups excluding carboxylic acids is 1. The molecular formula is C12H24N2O. The molecule has 88 valence electrons. The average molecular weight is 212 g/mol. The summed E-state index contributed by atoms with van der Waals surface area (Å²) in [5, 5.41) is 3.06. The normalized spacial score (nSPS) is 19.1. The molecule has 1 fully saturated rings. The first-order chi connectivity index (χ1) is 7.22. The van der Waals surface area contributed by atoms with Crippen LogP contribution in [0.3, 0.4) is 0 Å². The predicted octanol–water partition coefficient (Wildman–Crippen LogP) is 1.81. The van der Waals surface area contributed by atoms with Gasteiger partial charge in [-0.05, 0) is 37.6 Å². The van der Waals surface area contributed by atoms with Crippen molar-refractivity contribution in [3.05, 3.63) is 0 Å². The molecule has 0 unspecified atom stereocenters. The first kappa shape index (κ1) is 12.5. The van der Waals surface area contributed by atoms with Crippen molar-refractivity contribution in [2.24, 2.45) is 11.1 Å². The molecule has 0 aromatic rings. The summed E-state index contributed by atoms with van der Waals surface area (Å²) in [4.78, 5) is 11.5. The number of hydrogen-bond donors (Lipinski definition) is 2. The zero-order chi connectivity index (χ0) is 11.1. The fraction of sp³-hybridized carbons (Fsp3) is 0.917. The zero-order valence-corrected chi connectivity index (χ0v) is 9.85. The van der Waals surface area contributed by atoms with E-state index in [1.165, 1.54) is 32.1 Å². The summed E-state index contributed by atoms with van der Waals surface area (Å²) in [6, 6.07) is 0. The van der Waals surface area contributed by atoms with E-state index < -0.39 is 0 Å². The minimum Gasteiger partial charge on any atom is -0.356 e. The lowest BCUT2D eigenvalue weighted by atomic mass is 9.83. The summed E-state index contributed by atoms with van der Waals surface area (Å²) in [6.45, 7) is 3.70. The van der Waals surface area contributed by atoms with Gasteiger partial charge in [-0.3, -0.25) is 4.79 Å². The van der Waals surface area contributed by atoms with Crippen LogP contribution in [0.15, 0.2) is 0 Å². The predicted molar refractivity (Wildman–Crippen MR) is 62.5 cm³/mol. The van der Waals surface area contributed by atoms with Gasteiger partial charge in [0.25, 0.3) is 0 Å². The average Bonchev–Trinajstić information content (AvgIpc) is 2.73. The Morgan fingerprint density at radius 3 is 2.60 bits per heavy atom. The van der Waals surface area contributed by atoms with Gasteiger partial charge in [-0.25, -0.2) is 0 Å². The number of carbonyl (C=O) groups is 1. The Morgan fingerprint density at radius 1 is 1.40 bits per heavy atom. The number of amides is 1. The Labute approximate surface area is 92.8 Å². The second kappa shape index (κ2) is 6.11. The van der Waals surface area contributed by atoms with Crippen LogP contribution in [-0.2, 0) is 4.79 Å². The van der Waals surface area contributed by atoms with Gasteiger partial charge in [0.1, 0.15) is 0 Å². The van der Waals surface area contributed by atoms with Crippen molar-refractivity contribution < 1.29 is 4.79 Å². The highest BCUT2D eigenvalue weighted by atomic mass is 16.1. The van der Waals surface area contributed by atoms with Gasteiger partial charge >= 0.3 is 0 Å². The van der Waals surface area contributed by atoms with Gasteiger partial charge < -0.3 is 11.1 Å². The summed E-state index contributed by atoms with van der Waals surface area (Å²) >= 11 is 0. The first-order valence-electron chi connectivity index (χ1n) is 6.19. The minimum atomic E-state index is 0.167. The maximum atomic E-state index is 11.5. The maximum Gasteiger partial charge on any atom is 0.220 e. The van der Waals surface area contributed by atoms with Crippen LogP contribution in [-0.4, -0.2) is 19.0 Å². The van der Waals surface area contributed by atoms with Crippen molar-refractivity contribution in [1.29, 1.82) is 0 Å². The second-order valence-electron chi connectivity index (χ2n) is 4.73. The SMILES string of the molecule is CCC1(CNC(=O)CCCN)CCCC1. The van der Waals surface area contributed by atoms with Gasteiger partial charge in [-0.15, -0.1) is 0 Å². The van der Waals surface area contributed by atoms with Crippen molar-refractivity contribution in [2.45, 2.75) is 51.9 Å². The van der Waals surface area contributed by atoms with E-state index in [1.807, 2.05) is 0 Å². The van der Waals surface area contributed by atoms with Crippen molar-refractivity contribution in [1.82, 2.24) is 5.32 Å². The quantitative estimate of drug-likeness (QED) is 0.705. The standard InChI is InChI=1S/C12H24N2O/c1-2-12(7-3-4-8-12)10-14-11(15)6-5-9-13/h2-10,13H2,1H3,(H,14,15). The lowest BCUT2D eigenvalue weighted by Gasteiger charge is -2.27. The summed E-state index contributed by atoms with van der Waals surface area (Å²) in [6.07, 6.45) is 7.77. The number of nitrogens with one attached hydrogen (secondary N) is 1. The van der Waals surface area contributed by atoms with E-state index >= 15 is 0 Å². The molecule has 0 radical (unpaired) electrons. The Kier molecular flexibility index (Phi) is 5.09.